The molecule has 2 aromatic rings. The van der Waals surface area contributed by atoms with E-state index in [0.29, 0.717) is 0 Å². The van der Waals surface area contributed by atoms with Gasteiger partial charge in [-0.2, -0.15) is 5.10 Å². The molecular formula is C19H27N3O2. The second kappa shape index (κ2) is 6.95. The van der Waals surface area contributed by atoms with E-state index >= 15 is 0 Å². The second-order valence-corrected chi connectivity index (χ2v) is 7.02. The lowest BCUT2D eigenvalue weighted by Gasteiger charge is -2.18. The Hall–Kier alpha value is -1.85. The average Bonchev–Trinajstić information content (AvgIpc) is 3.09. The van der Waals surface area contributed by atoms with Gasteiger partial charge in [0.15, 0.2) is 0 Å². The molecule has 0 radical (unpaired) electrons. The van der Waals surface area contributed by atoms with Crippen molar-refractivity contribution in [1.29, 1.82) is 0 Å². The zero-order chi connectivity index (χ0) is 17.3. The van der Waals surface area contributed by atoms with E-state index in [2.05, 4.69) is 47.1 Å². The molecule has 5 nitrogen and oxygen atoms in total. The number of ether oxygens (including phenoxy) is 1. The lowest BCUT2D eigenvalue weighted by Crippen LogP contribution is -2.22. The number of H-pyrrole nitrogens is 1. The Morgan fingerprint density at radius 2 is 2.00 bits per heavy atom. The molecule has 1 aromatic heterocycles. The second-order valence-electron chi connectivity index (χ2n) is 7.02. The van der Waals surface area contributed by atoms with Gasteiger partial charge < -0.3 is 9.84 Å². The van der Waals surface area contributed by atoms with Crippen LogP contribution in [0.3, 0.4) is 0 Å². The summed E-state index contributed by atoms with van der Waals surface area (Å²) < 4.78 is 5.39. The molecule has 1 aliphatic heterocycles. The third-order valence-corrected chi connectivity index (χ3v) is 4.96. The third-order valence-electron chi connectivity index (χ3n) is 4.96. The van der Waals surface area contributed by atoms with E-state index in [1.54, 1.807) is 7.11 Å². The van der Waals surface area contributed by atoms with E-state index < -0.39 is 0 Å². The highest BCUT2D eigenvalue weighted by molar-refractivity contribution is 5.41. The Balaban J connectivity index is 1.66. The van der Waals surface area contributed by atoms with Crippen LogP contribution in [0.15, 0.2) is 18.2 Å². The van der Waals surface area contributed by atoms with E-state index in [-0.39, 0.29) is 12.0 Å². The van der Waals surface area contributed by atoms with Crippen LogP contribution in [0.4, 0.5) is 0 Å². The van der Waals surface area contributed by atoms with Crippen molar-refractivity contribution in [2.75, 3.05) is 20.2 Å². The number of aryl methyl sites for hydroxylation is 3. The first kappa shape index (κ1) is 17.0. The number of β-amino-alcohol motifs (C(OH)–C–C–N with tert-alkyl or cyclic N) is 1. The minimum Gasteiger partial charge on any atom is -0.496 e. The average molecular weight is 329 g/mol. The number of aliphatic hydroxyl groups excluding tert-OH is 1. The van der Waals surface area contributed by atoms with Crippen molar-refractivity contribution >= 4 is 0 Å². The van der Waals surface area contributed by atoms with E-state index in [1.807, 2.05) is 6.92 Å². The fourth-order valence-corrected chi connectivity index (χ4v) is 3.60. The summed E-state index contributed by atoms with van der Waals surface area (Å²) >= 11 is 0. The number of hydrogen-bond donors (Lipinski definition) is 2. The van der Waals surface area contributed by atoms with Gasteiger partial charge in [0.25, 0.3) is 0 Å². The SMILES string of the molecule is COc1cc(C)c(CN2C[C@@H](Cc3cc(C)[nH]n3)[C@H](O)C2)cc1C. The highest BCUT2D eigenvalue weighted by Crippen LogP contribution is 2.27. The molecule has 130 valence electrons. The van der Waals surface area contributed by atoms with Crippen LogP contribution in [-0.2, 0) is 13.0 Å². The maximum Gasteiger partial charge on any atom is 0.122 e. The summed E-state index contributed by atoms with van der Waals surface area (Å²) in [6.45, 7) is 8.68. The van der Waals surface area contributed by atoms with Crippen molar-refractivity contribution in [3.05, 3.63) is 46.3 Å². The van der Waals surface area contributed by atoms with Crippen molar-refractivity contribution in [2.24, 2.45) is 5.92 Å². The van der Waals surface area contributed by atoms with Crippen LogP contribution < -0.4 is 4.74 Å². The smallest absolute Gasteiger partial charge is 0.122 e. The molecule has 0 saturated carbocycles. The van der Waals surface area contributed by atoms with Gasteiger partial charge in [0.2, 0.25) is 0 Å². The van der Waals surface area contributed by atoms with Crippen LogP contribution >= 0.6 is 0 Å². The molecule has 2 N–H and O–H groups in total. The number of nitrogens with zero attached hydrogens (tertiary/aromatic N) is 2. The number of benzene rings is 1. The van der Waals surface area contributed by atoms with Gasteiger partial charge in [0.05, 0.1) is 18.9 Å². The number of aliphatic hydroxyl groups is 1. The highest BCUT2D eigenvalue weighted by atomic mass is 16.5. The molecule has 0 unspecified atom stereocenters. The van der Waals surface area contributed by atoms with Crippen LogP contribution in [0.5, 0.6) is 5.75 Å². The van der Waals surface area contributed by atoms with Crippen LogP contribution in [0.1, 0.15) is 28.1 Å². The maximum atomic E-state index is 10.4. The lowest BCUT2D eigenvalue weighted by molar-refractivity contribution is 0.140. The summed E-state index contributed by atoms with van der Waals surface area (Å²) in [5.74, 6) is 1.18. The van der Waals surface area contributed by atoms with E-state index in [4.69, 9.17) is 4.74 Å². The standard InChI is InChI=1S/C19H27N3O2/c1-12-6-19(24-4)13(2)5-15(12)9-22-10-16(18(23)11-22)8-17-7-14(3)20-21-17/h5-7,16,18,23H,8-11H2,1-4H3,(H,20,21)/t16-,18-/m1/s1. The Morgan fingerprint density at radius 1 is 1.21 bits per heavy atom. The quantitative estimate of drug-likeness (QED) is 0.884. The summed E-state index contributed by atoms with van der Waals surface area (Å²) in [6.07, 6.45) is 0.532. The van der Waals surface area contributed by atoms with Crippen molar-refractivity contribution in [1.82, 2.24) is 15.1 Å². The normalized spacial score (nSPS) is 21.4. The van der Waals surface area contributed by atoms with Gasteiger partial charge in [-0.15, -0.1) is 0 Å². The minimum atomic E-state index is -0.290. The van der Waals surface area contributed by atoms with Crippen LogP contribution in [0.25, 0.3) is 0 Å². The van der Waals surface area contributed by atoms with E-state index in [1.165, 1.54) is 11.1 Å². The predicted octanol–water partition coefficient (Wildman–Crippen LogP) is 2.38. The number of likely N-dealkylation sites (tertiary alicyclic amines) is 1. The molecule has 2 heterocycles. The first-order valence-corrected chi connectivity index (χ1v) is 8.51. The van der Waals surface area contributed by atoms with E-state index in [9.17, 15) is 5.11 Å². The predicted molar refractivity (Wildman–Crippen MR) is 94.3 cm³/mol. The first-order valence-electron chi connectivity index (χ1n) is 8.51. The van der Waals surface area contributed by atoms with Gasteiger partial charge in [-0.1, -0.05) is 6.07 Å². The fourth-order valence-electron chi connectivity index (χ4n) is 3.60. The Labute approximate surface area is 143 Å². The monoisotopic (exact) mass is 329 g/mol. The number of hydrogen-bond acceptors (Lipinski definition) is 4. The molecule has 5 heteroatoms. The molecule has 0 spiro atoms. The molecule has 0 aliphatic carbocycles. The first-order chi connectivity index (χ1) is 11.5. The summed E-state index contributed by atoms with van der Waals surface area (Å²) in [5.41, 5.74) is 5.80. The largest absolute Gasteiger partial charge is 0.496 e. The highest BCUT2D eigenvalue weighted by Gasteiger charge is 2.32. The Kier molecular flexibility index (Phi) is 4.92. The van der Waals surface area contributed by atoms with E-state index in [0.717, 1.165) is 48.8 Å². The van der Waals surface area contributed by atoms with Crippen molar-refractivity contribution < 1.29 is 9.84 Å². The summed E-state index contributed by atoms with van der Waals surface area (Å²) in [6, 6.07) is 6.36. The number of aromatic amines is 1. The molecule has 3 rings (SSSR count). The van der Waals surface area contributed by atoms with Gasteiger partial charge in [-0.05, 0) is 56.0 Å². The number of methoxy groups -OCH3 is 1. The Bertz CT molecular complexity index is 711. The van der Waals surface area contributed by atoms with Crippen LogP contribution in [0.2, 0.25) is 0 Å². The third kappa shape index (κ3) is 3.62. The molecule has 1 aromatic carbocycles. The maximum absolute atomic E-state index is 10.4. The summed E-state index contributed by atoms with van der Waals surface area (Å²) in [4.78, 5) is 2.34. The molecule has 1 fully saturated rings. The van der Waals surface area contributed by atoms with Crippen LogP contribution in [0, 0.1) is 26.7 Å². The molecule has 2 atom stereocenters. The van der Waals surface area contributed by atoms with Crippen molar-refractivity contribution in [2.45, 2.75) is 39.8 Å². The molecule has 24 heavy (non-hydrogen) atoms. The lowest BCUT2D eigenvalue weighted by atomic mass is 10.00. The topological polar surface area (TPSA) is 61.4 Å². The van der Waals surface area contributed by atoms with Gasteiger partial charge in [-0.25, -0.2) is 0 Å². The van der Waals surface area contributed by atoms with Gasteiger partial charge in [0.1, 0.15) is 5.75 Å². The van der Waals surface area contributed by atoms with Gasteiger partial charge >= 0.3 is 0 Å². The van der Waals surface area contributed by atoms with Crippen molar-refractivity contribution in [3.8, 4) is 5.75 Å². The zero-order valence-corrected chi connectivity index (χ0v) is 15.0. The van der Waals surface area contributed by atoms with Crippen molar-refractivity contribution in [3.63, 3.8) is 0 Å². The minimum absolute atomic E-state index is 0.243. The molecule has 1 aliphatic rings. The summed E-state index contributed by atoms with van der Waals surface area (Å²) in [7, 11) is 1.71. The number of aromatic nitrogens is 2. The zero-order valence-electron chi connectivity index (χ0n) is 15.0. The van der Waals surface area contributed by atoms with Gasteiger partial charge in [-0.3, -0.25) is 10.00 Å². The molecule has 1 saturated heterocycles. The fraction of sp³-hybridized carbons (Fsp3) is 0.526. The molecule has 0 bridgehead atoms. The Morgan fingerprint density at radius 3 is 2.67 bits per heavy atom. The summed E-state index contributed by atoms with van der Waals surface area (Å²) in [5, 5.41) is 17.7. The number of rotatable bonds is 5. The van der Waals surface area contributed by atoms with Crippen LogP contribution in [-0.4, -0.2) is 46.5 Å². The molecule has 0 amide bonds. The van der Waals surface area contributed by atoms with Gasteiger partial charge in [0, 0.05) is 31.2 Å². The molecular weight excluding hydrogens is 302 g/mol. The number of nitrogens with one attached hydrogen (secondary N) is 1.